The van der Waals surface area contributed by atoms with E-state index in [1.165, 1.54) is 12.1 Å². The van der Waals surface area contributed by atoms with Crippen molar-refractivity contribution in [3.05, 3.63) is 81.8 Å². The van der Waals surface area contributed by atoms with Crippen LogP contribution in [0.2, 0.25) is 0 Å². The summed E-state index contributed by atoms with van der Waals surface area (Å²) in [6.45, 7) is 0. The van der Waals surface area contributed by atoms with Crippen LogP contribution in [0.4, 0.5) is 8.78 Å². The van der Waals surface area contributed by atoms with Crippen molar-refractivity contribution in [3.8, 4) is 0 Å². The van der Waals surface area contributed by atoms with Gasteiger partial charge in [0.2, 0.25) is 0 Å². The Balaban J connectivity index is 2.20. The first-order chi connectivity index (χ1) is 10.1. The first-order valence-corrected chi connectivity index (χ1v) is 7.57. The molecule has 0 aromatic heterocycles. The Morgan fingerprint density at radius 3 is 2.24 bits per heavy atom. The summed E-state index contributed by atoms with van der Waals surface area (Å²) in [6.07, 6.45) is 0. The number of halogens is 4. The largest absolute Gasteiger partial charge is 0.207 e. The van der Waals surface area contributed by atoms with Gasteiger partial charge in [0.15, 0.2) is 0 Å². The van der Waals surface area contributed by atoms with Crippen molar-refractivity contribution in [2.75, 3.05) is 0 Å². The summed E-state index contributed by atoms with van der Waals surface area (Å²) >= 11 is 9.77. The molecular weight excluding hydrogens is 358 g/mol. The Morgan fingerprint density at radius 1 is 0.810 bits per heavy atom. The molecule has 0 aliphatic carbocycles. The van der Waals surface area contributed by atoms with E-state index in [2.05, 4.69) is 15.9 Å². The second-order valence-corrected chi connectivity index (χ2v) is 6.06. The van der Waals surface area contributed by atoms with Crippen molar-refractivity contribution < 1.29 is 8.78 Å². The Kier molecular flexibility index (Phi) is 3.96. The van der Waals surface area contributed by atoms with E-state index in [4.69, 9.17) is 11.6 Å². The molecule has 0 saturated carbocycles. The molecule has 4 heteroatoms. The number of hydrogen-bond donors (Lipinski definition) is 0. The van der Waals surface area contributed by atoms with Crippen LogP contribution in [0.3, 0.4) is 0 Å². The van der Waals surface area contributed by atoms with E-state index in [9.17, 15) is 8.78 Å². The van der Waals surface area contributed by atoms with Gasteiger partial charge in [-0.2, -0.15) is 0 Å². The molecule has 21 heavy (non-hydrogen) atoms. The molecule has 0 heterocycles. The van der Waals surface area contributed by atoms with Gasteiger partial charge in [-0.15, -0.1) is 11.6 Å². The quantitative estimate of drug-likeness (QED) is 0.472. The number of hydrogen-bond acceptors (Lipinski definition) is 0. The fourth-order valence-electron chi connectivity index (χ4n) is 2.38. The van der Waals surface area contributed by atoms with Crippen molar-refractivity contribution in [1.29, 1.82) is 0 Å². The molecule has 3 rings (SSSR count). The average Bonchev–Trinajstić information content (AvgIpc) is 2.50. The second-order valence-electron chi connectivity index (χ2n) is 4.71. The molecule has 0 aliphatic rings. The maximum Gasteiger partial charge on any atom is 0.131 e. The van der Waals surface area contributed by atoms with Crippen LogP contribution >= 0.6 is 27.5 Å². The molecular formula is C17H10BrClF2. The molecule has 106 valence electrons. The normalized spacial score (nSPS) is 12.6. The molecule has 0 saturated heterocycles. The lowest BCUT2D eigenvalue weighted by molar-refractivity contribution is 0.612. The average molecular weight is 368 g/mol. The van der Waals surface area contributed by atoms with Gasteiger partial charge in [-0.25, -0.2) is 8.78 Å². The highest BCUT2D eigenvalue weighted by atomic mass is 79.9. The molecule has 0 aliphatic heterocycles. The van der Waals surface area contributed by atoms with Gasteiger partial charge in [0.05, 0.1) is 5.38 Å². The van der Waals surface area contributed by atoms with Gasteiger partial charge in [-0.05, 0) is 35.2 Å². The highest BCUT2D eigenvalue weighted by Crippen LogP contribution is 2.36. The first-order valence-electron chi connectivity index (χ1n) is 6.34. The van der Waals surface area contributed by atoms with Gasteiger partial charge in [-0.1, -0.05) is 46.3 Å². The van der Waals surface area contributed by atoms with E-state index in [-0.39, 0.29) is 11.6 Å². The lowest BCUT2D eigenvalue weighted by atomic mass is 9.97. The molecule has 0 spiro atoms. The maximum atomic E-state index is 14.0. The standard InChI is InChI=1S/C17H10BrClF2/c18-10-5-7-16(21)14(9-10)17(19)13-6-8-15(20)12-4-2-1-3-11(12)13/h1-9,17H. The molecule has 0 nitrogen and oxygen atoms in total. The van der Waals surface area contributed by atoms with Crippen molar-refractivity contribution >= 4 is 38.3 Å². The van der Waals surface area contributed by atoms with Crippen LogP contribution in [0.5, 0.6) is 0 Å². The first kappa shape index (κ1) is 14.5. The van der Waals surface area contributed by atoms with Crippen LogP contribution in [0.1, 0.15) is 16.5 Å². The van der Waals surface area contributed by atoms with Crippen molar-refractivity contribution in [1.82, 2.24) is 0 Å². The molecule has 1 atom stereocenters. The van der Waals surface area contributed by atoms with Crippen LogP contribution < -0.4 is 0 Å². The Morgan fingerprint density at radius 2 is 1.48 bits per heavy atom. The predicted octanol–water partition coefficient (Wildman–Crippen LogP) is 6.21. The van der Waals surface area contributed by atoms with E-state index in [0.717, 1.165) is 4.47 Å². The van der Waals surface area contributed by atoms with Crippen LogP contribution in [0.25, 0.3) is 10.8 Å². The molecule has 0 bridgehead atoms. The zero-order valence-corrected chi connectivity index (χ0v) is 13.1. The third-order valence-corrected chi connectivity index (χ3v) is 4.37. The summed E-state index contributed by atoms with van der Waals surface area (Å²) in [7, 11) is 0. The van der Waals surface area contributed by atoms with Crippen molar-refractivity contribution in [2.24, 2.45) is 0 Å². The van der Waals surface area contributed by atoms with Crippen molar-refractivity contribution in [3.63, 3.8) is 0 Å². The van der Waals surface area contributed by atoms with Gasteiger partial charge in [0, 0.05) is 15.4 Å². The second kappa shape index (κ2) is 5.74. The van der Waals surface area contributed by atoms with Gasteiger partial charge < -0.3 is 0 Å². The molecule has 0 fully saturated rings. The van der Waals surface area contributed by atoms with Gasteiger partial charge in [0.1, 0.15) is 11.6 Å². The molecule has 0 amide bonds. The third-order valence-electron chi connectivity index (χ3n) is 3.41. The minimum absolute atomic E-state index is 0.312. The fraction of sp³-hybridized carbons (Fsp3) is 0.0588. The molecule has 0 radical (unpaired) electrons. The summed E-state index contributed by atoms with van der Waals surface area (Å²) < 4.78 is 28.6. The lowest BCUT2D eigenvalue weighted by Gasteiger charge is -2.15. The summed E-state index contributed by atoms with van der Waals surface area (Å²) in [6, 6.07) is 14.6. The lowest BCUT2D eigenvalue weighted by Crippen LogP contribution is -1.99. The zero-order valence-electron chi connectivity index (χ0n) is 10.8. The Bertz CT molecular complexity index is 817. The van der Waals surface area contributed by atoms with Gasteiger partial charge in [0.25, 0.3) is 0 Å². The predicted molar refractivity (Wildman–Crippen MR) is 85.7 cm³/mol. The van der Waals surface area contributed by atoms with Crippen molar-refractivity contribution in [2.45, 2.75) is 5.38 Å². The van der Waals surface area contributed by atoms with Crippen LogP contribution in [0.15, 0.2) is 59.1 Å². The number of rotatable bonds is 2. The summed E-state index contributed by atoms with van der Waals surface area (Å²) in [5.41, 5.74) is 1.05. The zero-order chi connectivity index (χ0) is 15.0. The highest BCUT2D eigenvalue weighted by molar-refractivity contribution is 9.10. The molecule has 1 unspecified atom stereocenters. The van der Waals surface area contributed by atoms with Gasteiger partial charge >= 0.3 is 0 Å². The molecule has 3 aromatic carbocycles. The minimum atomic E-state index is -0.687. The fourth-order valence-corrected chi connectivity index (χ4v) is 3.12. The van der Waals surface area contributed by atoms with E-state index in [1.807, 2.05) is 6.07 Å². The number of alkyl halides is 1. The highest BCUT2D eigenvalue weighted by Gasteiger charge is 2.19. The van der Waals surface area contributed by atoms with E-state index in [1.54, 1.807) is 36.4 Å². The Hall–Kier alpha value is -1.45. The molecule has 3 aromatic rings. The van der Waals surface area contributed by atoms with E-state index < -0.39 is 5.38 Å². The van der Waals surface area contributed by atoms with Crippen LogP contribution in [-0.4, -0.2) is 0 Å². The van der Waals surface area contributed by atoms with E-state index >= 15 is 0 Å². The Labute approximate surface area is 134 Å². The monoisotopic (exact) mass is 366 g/mol. The van der Waals surface area contributed by atoms with Gasteiger partial charge in [-0.3, -0.25) is 0 Å². The summed E-state index contributed by atoms with van der Waals surface area (Å²) in [5.74, 6) is -0.695. The molecule has 0 N–H and O–H groups in total. The SMILES string of the molecule is Fc1ccc(Br)cc1C(Cl)c1ccc(F)c2ccccc12. The third kappa shape index (κ3) is 2.68. The van der Waals surface area contributed by atoms with Crippen LogP contribution in [-0.2, 0) is 0 Å². The maximum absolute atomic E-state index is 14.0. The topological polar surface area (TPSA) is 0 Å². The van der Waals surface area contributed by atoms with Crippen LogP contribution in [0, 0.1) is 11.6 Å². The minimum Gasteiger partial charge on any atom is -0.207 e. The smallest absolute Gasteiger partial charge is 0.131 e. The number of benzene rings is 3. The number of fused-ring (bicyclic) bond motifs is 1. The summed E-state index contributed by atoms with van der Waals surface area (Å²) in [5, 5.41) is 0.487. The summed E-state index contributed by atoms with van der Waals surface area (Å²) in [4.78, 5) is 0. The van der Waals surface area contributed by atoms with E-state index in [0.29, 0.717) is 21.9 Å².